The molecule has 0 N–H and O–H groups in total. The molecule has 0 spiro atoms. The van der Waals surface area contributed by atoms with E-state index in [0.29, 0.717) is 17.7 Å². The molecule has 1 atom stereocenters. The first-order valence-electron chi connectivity index (χ1n) is 8.02. The van der Waals surface area contributed by atoms with Gasteiger partial charge >= 0.3 is 6.18 Å². The third-order valence-corrected chi connectivity index (χ3v) is 5.19. The summed E-state index contributed by atoms with van der Waals surface area (Å²) < 4.78 is 64.0. The lowest BCUT2D eigenvalue weighted by Crippen LogP contribution is -2.07. The molecule has 0 amide bonds. The van der Waals surface area contributed by atoms with Crippen LogP contribution in [0.4, 0.5) is 13.2 Å². The molecule has 1 aromatic carbocycles. The van der Waals surface area contributed by atoms with Gasteiger partial charge in [0.15, 0.2) is 15.5 Å². The number of halogens is 3. The molecule has 0 aliphatic heterocycles. The molecule has 9 heteroatoms. The van der Waals surface area contributed by atoms with E-state index in [-0.39, 0.29) is 16.6 Å². The number of alkyl halides is 3. The summed E-state index contributed by atoms with van der Waals surface area (Å²) >= 11 is 0. The minimum Gasteiger partial charge on any atom is -0.301 e. The van der Waals surface area contributed by atoms with Crippen molar-refractivity contribution in [3.05, 3.63) is 48.6 Å². The van der Waals surface area contributed by atoms with Crippen molar-refractivity contribution >= 4 is 21.6 Å². The minimum atomic E-state index is -4.61. The second-order valence-corrected chi connectivity index (χ2v) is 8.20. The molecule has 0 aliphatic carbocycles. The number of aromatic nitrogens is 2. The van der Waals surface area contributed by atoms with Crippen LogP contribution >= 0.6 is 0 Å². The zero-order valence-corrected chi connectivity index (χ0v) is 16.0. The van der Waals surface area contributed by atoms with Crippen LogP contribution in [0.15, 0.2) is 46.9 Å². The first-order valence-corrected chi connectivity index (χ1v) is 9.91. The van der Waals surface area contributed by atoms with Crippen molar-refractivity contribution in [2.24, 2.45) is 10.9 Å². The van der Waals surface area contributed by atoms with Crippen LogP contribution in [-0.2, 0) is 16.0 Å². The summed E-state index contributed by atoms with van der Waals surface area (Å²) in [5.41, 5.74) is -0.252. The fourth-order valence-corrected chi connectivity index (χ4v) is 3.05. The predicted octanol–water partition coefficient (Wildman–Crippen LogP) is 4.03. The summed E-state index contributed by atoms with van der Waals surface area (Å²) in [6.07, 6.45) is -0.492. The summed E-state index contributed by atoms with van der Waals surface area (Å²) in [6, 6.07) is 5.57. The van der Waals surface area contributed by atoms with E-state index in [2.05, 4.69) is 16.6 Å². The van der Waals surface area contributed by atoms with Gasteiger partial charge in [-0.1, -0.05) is 13.5 Å². The first kappa shape index (κ1) is 20.9. The van der Waals surface area contributed by atoms with Crippen molar-refractivity contribution in [2.45, 2.75) is 24.4 Å². The molecule has 0 bridgehead atoms. The van der Waals surface area contributed by atoms with E-state index < -0.39 is 21.7 Å². The maximum atomic E-state index is 13.2. The van der Waals surface area contributed by atoms with Gasteiger partial charge in [0.25, 0.3) is 0 Å². The molecule has 0 saturated carbocycles. The fourth-order valence-electron chi connectivity index (χ4n) is 2.42. The highest BCUT2D eigenvalue weighted by Gasteiger charge is 2.35. The molecule has 2 aromatic rings. The molecule has 0 aliphatic rings. The molecule has 1 heterocycles. The second kappa shape index (κ2) is 7.67. The zero-order valence-electron chi connectivity index (χ0n) is 15.2. The third kappa shape index (κ3) is 4.85. The Bertz CT molecular complexity index is 959. The van der Waals surface area contributed by atoms with Gasteiger partial charge in [0.2, 0.25) is 0 Å². The number of hydrogen-bond donors (Lipinski definition) is 0. The van der Waals surface area contributed by atoms with E-state index in [1.165, 1.54) is 28.8 Å². The van der Waals surface area contributed by atoms with Gasteiger partial charge in [-0.05, 0) is 48.4 Å². The van der Waals surface area contributed by atoms with Gasteiger partial charge in [-0.25, -0.2) is 13.4 Å². The van der Waals surface area contributed by atoms with E-state index in [4.69, 9.17) is 0 Å². The molecule has 2 rings (SSSR count). The maximum absolute atomic E-state index is 13.2. The molecule has 146 valence electrons. The maximum Gasteiger partial charge on any atom is 0.434 e. The smallest absolute Gasteiger partial charge is 0.301 e. The van der Waals surface area contributed by atoms with E-state index in [1.807, 2.05) is 6.92 Å². The Balaban J connectivity index is 2.54. The number of hydrogen-bond acceptors (Lipinski definition) is 4. The number of imidazole rings is 1. The van der Waals surface area contributed by atoms with Gasteiger partial charge in [0.1, 0.15) is 5.82 Å². The molecule has 1 unspecified atom stereocenters. The zero-order chi connectivity index (χ0) is 20.4. The van der Waals surface area contributed by atoms with Crippen molar-refractivity contribution < 1.29 is 21.6 Å². The van der Waals surface area contributed by atoms with Crippen molar-refractivity contribution in [3.8, 4) is 5.69 Å². The van der Waals surface area contributed by atoms with Crippen molar-refractivity contribution in [2.75, 3.05) is 13.3 Å². The molecule has 0 saturated heterocycles. The van der Waals surface area contributed by atoms with Crippen molar-refractivity contribution in [3.63, 3.8) is 0 Å². The fraction of sp³-hybridized carbons (Fsp3) is 0.333. The Kier molecular flexibility index (Phi) is 5.94. The number of rotatable bonds is 6. The normalized spacial score (nSPS) is 13.9. The highest BCUT2D eigenvalue weighted by molar-refractivity contribution is 7.90. The second-order valence-electron chi connectivity index (χ2n) is 6.19. The van der Waals surface area contributed by atoms with E-state index in [1.54, 1.807) is 13.3 Å². The van der Waals surface area contributed by atoms with E-state index in [9.17, 15) is 21.6 Å². The van der Waals surface area contributed by atoms with Crippen molar-refractivity contribution in [1.82, 2.24) is 9.55 Å². The summed E-state index contributed by atoms with van der Waals surface area (Å²) in [7, 11) is -1.79. The Morgan fingerprint density at radius 3 is 2.41 bits per heavy atom. The Morgan fingerprint density at radius 1 is 1.33 bits per heavy atom. The predicted molar refractivity (Wildman–Crippen MR) is 98.9 cm³/mol. The molecular formula is C18H20F3N3O2S. The van der Waals surface area contributed by atoms with Gasteiger partial charge in [-0.2, -0.15) is 13.2 Å². The molecular weight excluding hydrogens is 379 g/mol. The van der Waals surface area contributed by atoms with Crippen LogP contribution in [0.1, 0.15) is 24.9 Å². The largest absolute Gasteiger partial charge is 0.434 e. The third-order valence-electron chi connectivity index (χ3n) is 4.06. The van der Waals surface area contributed by atoms with Gasteiger partial charge in [0.05, 0.1) is 4.90 Å². The minimum absolute atomic E-state index is 0.0754. The van der Waals surface area contributed by atoms with E-state index >= 15 is 0 Å². The molecule has 0 fully saturated rings. The average molecular weight is 399 g/mol. The Morgan fingerprint density at radius 2 is 1.93 bits per heavy atom. The Hall–Kier alpha value is -2.42. The molecule has 0 radical (unpaired) electrons. The highest BCUT2D eigenvalue weighted by Crippen LogP contribution is 2.33. The number of allylic oxidation sites excluding steroid dienone is 1. The number of sulfone groups is 1. The van der Waals surface area contributed by atoms with Crippen molar-refractivity contribution in [1.29, 1.82) is 0 Å². The lowest BCUT2D eigenvalue weighted by atomic mass is 9.99. The van der Waals surface area contributed by atoms with Crippen LogP contribution in [0, 0.1) is 5.92 Å². The number of nitrogens with zero attached hydrogens (tertiary/aromatic N) is 3. The summed E-state index contributed by atoms with van der Waals surface area (Å²) in [5.74, 6) is -0.0994. The van der Waals surface area contributed by atoms with Crippen LogP contribution in [0.5, 0.6) is 0 Å². The molecule has 1 aromatic heterocycles. The van der Waals surface area contributed by atoms with E-state index in [0.717, 1.165) is 12.5 Å². The molecule has 5 nitrogen and oxygen atoms in total. The first-order chi connectivity index (χ1) is 12.4. The summed E-state index contributed by atoms with van der Waals surface area (Å²) in [6.45, 7) is 5.73. The Labute approximate surface area is 156 Å². The van der Waals surface area contributed by atoms with Crippen LogP contribution < -0.4 is 0 Å². The van der Waals surface area contributed by atoms with Crippen LogP contribution in [0.25, 0.3) is 11.3 Å². The highest BCUT2D eigenvalue weighted by atomic mass is 32.2. The van der Waals surface area contributed by atoms with Gasteiger partial charge in [0, 0.05) is 25.2 Å². The van der Waals surface area contributed by atoms with Gasteiger partial charge in [-0.3, -0.25) is 4.57 Å². The number of aliphatic imine (C=N–C) groups is 1. The quantitative estimate of drug-likeness (QED) is 0.689. The summed E-state index contributed by atoms with van der Waals surface area (Å²) in [4.78, 5) is 7.69. The van der Waals surface area contributed by atoms with Crippen LogP contribution in [-0.4, -0.2) is 37.5 Å². The van der Waals surface area contributed by atoms with Crippen LogP contribution in [0.3, 0.4) is 0 Å². The lowest BCUT2D eigenvalue weighted by Gasteiger charge is -2.14. The topological polar surface area (TPSA) is 64.3 Å². The SMILES string of the molecule is C=C(c1nc(C(F)(F)F)cn1-c1ccc(S(C)(=O)=O)cc1)C(C)CC=NC. The monoisotopic (exact) mass is 399 g/mol. The lowest BCUT2D eigenvalue weighted by molar-refractivity contribution is -0.140. The van der Waals surface area contributed by atoms with Gasteiger partial charge in [-0.15, -0.1) is 0 Å². The van der Waals surface area contributed by atoms with Crippen LogP contribution in [0.2, 0.25) is 0 Å². The standard InChI is InChI=1S/C18H20F3N3O2S/c1-12(9-10-22-3)13(2)17-23-16(18(19,20)21)11-24(17)14-5-7-15(8-6-14)27(4,25)26/h5-8,10-12H,2,9H2,1,3-4H3. The molecule has 27 heavy (non-hydrogen) atoms. The number of benzene rings is 1. The van der Waals surface area contributed by atoms with Gasteiger partial charge < -0.3 is 4.99 Å². The average Bonchev–Trinajstić information content (AvgIpc) is 3.04. The summed E-state index contributed by atoms with van der Waals surface area (Å²) in [5, 5.41) is 0.